The van der Waals surface area contributed by atoms with Crippen LogP contribution in [0.4, 0.5) is 13.2 Å². The van der Waals surface area contributed by atoms with E-state index in [1.165, 1.54) is 43.0 Å². The molecular formula is C22H16ClF3N2O2S. The molecule has 9 heteroatoms. The van der Waals surface area contributed by atoms with E-state index >= 15 is 0 Å². The van der Waals surface area contributed by atoms with Gasteiger partial charge in [-0.2, -0.15) is 13.2 Å². The summed E-state index contributed by atoms with van der Waals surface area (Å²) in [6.45, 7) is 1.43. The van der Waals surface area contributed by atoms with Crippen LogP contribution in [0.2, 0.25) is 5.02 Å². The van der Waals surface area contributed by atoms with Crippen LogP contribution >= 0.6 is 23.4 Å². The zero-order valence-electron chi connectivity index (χ0n) is 16.1. The third-order valence-corrected chi connectivity index (χ3v) is 5.60. The number of amides is 1. The molecule has 160 valence electrons. The number of pyridine rings is 1. The Morgan fingerprint density at radius 2 is 1.68 bits per heavy atom. The number of rotatable bonds is 6. The van der Waals surface area contributed by atoms with Gasteiger partial charge < -0.3 is 5.32 Å². The van der Waals surface area contributed by atoms with Crippen molar-refractivity contribution in [2.24, 2.45) is 0 Å². The number of ketones is 1. The van der Waals surface area contributed by atoms with Gasteiger partial charge in [0, 0.05) is 21.7 Å². The van der Waals surface area contributed by atoms with E-state index in [1.807, 2.05) is 17.4 Å². The summed E-state index contributed by atoms with van der Waals surface area (Å²) in [6.07, 6.45) is -3.37. The highest BCUT2D eigenvalue weighted by molar-refractivity contribution is 7.99. The van der Waals surface area contributed by atoms with Crippen molar-refractivity contribution in [1.29, 1.82) is 0 Å². The lowest BCUT2D eigenvalue weighted by Crippen LogP contribution is -2.38. The van der Waals surface area contributed by atoms with Crippen LogP contribution < -0.4 is 5.32 Å². The number of hydrogen-bond donors (Lipinski definition) is 1. The minimum Gasteiger partial charge on any atom is -0.342 e. The van der Waals surface area contributed by atoms with Crippen LogP contribution in [-0.2, 0) is 4.79 Å². The van der Waals surface area contributed by atoms with Gasteiger partial charge in [-0.25, -0.2) is 4.98 Å². The van der Waals surface area contributed by atoms with E-state index < -0.39 is 18.1 Å². The molecule has 0 spiro atoms. The van der Waals surface area contributed by atoms with Crippen molar-refractivity contribution in [1.82, 2.24) is 10.3 Å². The summed E-state index contributed by atoms with van der Waals surface area (Å²) in [5, 5.41) is 3.00. The fraction of sp³-hybridized carbons (Fsp3) is 0.136. The van der Waals surface area contributed by atoms with Crippen LogP contribution in [-0.4, -0.2) is 22.9 Å². The predicted molar refractivity (Wildman–Crippen MR) is 112 cm³/mol. The second kappa shape index (κ2) is 9.53. The van der Waals surface area contributed by atoms with Crippen molar-refractivity contribution in [3.63, 3.8) is 0 Å². The summed E-state index contributed by atoms with van der Waals surface area (Å²) in [4.78, 5) is 29.3. The van der Waals surface area contributed by atoms with Crippen molar-refractivity contribution < 1.29 is 22.8 Å². The fourth-order valence-electron chi connectivity index (χ4n) is 2.70. The highest BCUT2D eigenvalue weighted by Gasteiger charge is 2.39. The summed E-state index contributed by atoms with van der Waals surface area (Å²) in [6, 6.07) is 15.6. The summed E-state index contributed by atoms with van der Waals surface area (Å²) in [7, 11) is 0. The lowest BCUT2D eigenvalue weighted by atomic mass is 10.0. The monoisotopic (exact) mass is 464 g/mol. The standard InChI is InChI=1S/C22H16ClF3N2O2S/c1-13(28-21(30)22(24,25)26)14-4-6-15(7-5-14)19(29)18-3-2-12-27-20(18)31-17-10-8-16(23)9-11-17/h2-13H,1H3,(H,28,30)/t13-/m0/s1. The number of aromatic nitrogens is 1. The van der Waals surface area contributed by atoms with Gasteiger partial charge in [0.15, 0.2) is 5.78 Å². The SMILES string of the molecule is C[C@H](NC(=O)C(F)(F)F)c1ccc(C(=O)c2cccnc2Sc2ccc(Cl)cc2)cc1. The van der Waals surface area contributed by atoms with Gasteiger partial charge in [-0.05, 0) is 48.9 Å². The Morgan fingerprint density at radius 1 is 1.03 bits per heavy atom. The molecule has 1 amide bonds. The first kappa shape index (κ1) is 22.8. The van der Waals surface area contributed by atoms with Gasteiger partial charge in [-0.3, -0.25) is 9.59 Å². The molecule has 0 radical (unpaired) electrons. The van der Waals surface area contributed by atoms with Crippen LogP contribution in [0, 0.1) is 0 Å². The van der Waals surface area contributed by atoms with Crippen LogP contribution in [0.3, 0.4) is 0 Å². The van der Waals surface area contributed by atoms with Gasteiger partial charge in [0.25, 0.3) is 0 Å². The van der Waals surface area contributed by atoms with Crippen LogP contribution in [0.15, 0.2) is 76.8 Å². The maximum atomic E-state index is 13.0. The van der Waals surface area contributed by atoms with Gasteiger partial charge in [-0.15, -0.1) is 0 Å². The molecule has 0 saturated carbocycles. The molecule has 31 heavy (non-hydrogen) atoms. The Bertz CT molecular complexity index is 1090. The number of hydrogen-bond acceptors (Lipinski definition) is 4. The van der Waals surface area contributed by atoms with E-state index in [1.54, 1.807) is 30.5 Å². The lowest BCUT2D eigenvalue weighted by molar-refractivity contribution is -0.174. The first-order valence-corrected chi connectivity index (χ1v) is 10.3. The first-order valence-electron chi connectivity index (χ1n) is 9.06. The Kier molecular flexibility index (Phi) is 7.02. The summed E-state index contributed by atoms with van der Waals surface area (Å²) >= 11 is 7.22. The maximum absolute atomic E-state index is 13.0. The Balaban J connectivity index is 1.78. The number of carbonyl (C=O) groups excluding carboxylic acids is 2. The third-order valence-electron chi connectivity index (χ3n) is 4.32. The Labute approximate surface area is 185 Å². The molecule has 1 heterocycles. The minimum atomic E-state index is -4.96. The average Bonchev–Trinajstić information content (AvgIpc) is 2.74. The van der Waals surface area contributed by atoms with Crippen molar-refractivity contribution in [3.05, 3.63) is 88.6 Å². The maximum Gasteiger partial charge on any atom is 0.471 e. The van der Waals surface area contributed by atoms with E-state index in [0.717, 1.165) is 4.90 Å². The Hall–Kier alpha value is -2.84. The summed E-state index contributed by atoms with van der Waals surface area (Å²) in [5.41, 5.74) is 1.19. The molecule has 1 atom stereocenters. The van der Waals surface area contributed by atoms with Crippen LogP contribution in [0.25, 0.3) is 0 Å². The number of nitrogens with one attached hydrogen (secondary N) is 1. The van der Waals surface area contributed by atoms with E-state index in [-0.39, 0.29) is 5.78 Å². The van der Waals surface area contributed by atoms with E-state index in [2.05, 4.69) is 4.98 Å². The molecule has 3 aromatic rings. The molecule has 0 fully saturated rings. The number of nitrogens with zero attached hydrogens (tertiary/aromatic N) is 1. The molecule has 2 aromatic carbocycles. The van der Waals surface area contributed by atoms with Crippen LogP contribution in [0.1, 0.15) is 34.5 Å². The summed E-state index contributed by atoms with van der Waals surface area (Å²) < 4.78 is 37.3. The lowest BCUT2D eigenvalue weighted by Gasteiger charge is -2.16. The quantitative estimate of drug-likeness (QED) is 0.464. The van der Waals surface area contributed by atoms with Gasteiger partial charge in [0.2, 0.25) is 0 Å². The van der Waals surface area contributed by atoms with Gasteiger partial charge in [0.1, 0.15) is 5.03 Å². The van der Waals surface area contributed by atoms with Crippen LogP contribution in [0.5, 0.6) is 0 Å². The zero-order chi connectivity index (χ0) is 22.6. The highest BCUT2D eigenvalue weighted by atomic mass is 35.5. The van der Waals surface area contributed by atoms with Gasteiger partial charge >= 0.3 is 12.1 Å². The minimum absolute atomic E-state index is 0.275. The van der Waals surface area contributed by atoms with E-state index in [0.29, 0.717) is 26.7 Å². The molecule has 4 nitrogen and oxygen atoms in total. The Morgan fingerprint density at radius 3 is 2.29 bits per heavy atom. The molecule has 0 unspecified atom stereocenters. The number of halogens is 4. The van der Waals surface area contributed by atoms with Crippen molar-refractivity contribution in [2.75, 3.05) is 0 Å². The normalized spacial score (nSPS) is 12.3. The number of carbonyl (C=O) groups is 2. The largest absolute Gasteiger partial charge is 0.471 e. The highest BCUT2D eigenvalue weighted by Crippen LogP contribution is 2.31. The molecule has 0 aliphatic heterocycles. The topological polar surface area (TPSA) is 59.1 Å². The predicted octanol–water partition coefficient (Wildman–Crippen LogP) is 5.86. The fourth-order valence-corrected chi connectivity index (χ4v) is 3.71. The molecule has 0 aliphatic carbocycles. The van der Waals surface area contributed by atoms with Gasteiger partial charge in [0.05, 0.1) is 11.6 Å². The molecule has 0 aliphatic rings. The second-order valence-electron chi connectivity index (χ2n) is 6.56. The number of alkyl halides is 3. The average molecular weight is 465 g/mol. The van der Waals surface area contributed by atoms with Crippen molar-refractivity contribution in [3.8, 4) is 0 Å². The molecule has 1 N–H and O–H groups in total. The molecule has 1 aromatic heterocycles. The second-order valence-corrected chi connectivity index (χ2v) is 8.05. The zero-order valence-corrected chi connectivity index (χ0v) is 17.7. The smallest absolute Gasteiger partial charge is 0.342 e. The first-order chi connectivity index (χ1) is 14.6. The molecular weight excluding hydrogens is 449 g/mol. The van der Waals surface area contributed by atoms with E-state index in [4.69, 9.17) is 11.6 Å². The summed E-state index contributed by atoms with van der Waals surface area (Å²) in [5.74, 6) is -2.29. The molecule has 0 saturated heterocycles. The van der Waals surface area contributed by atoms with Crippen molar-refractivity contribution in [2.45, 2.75) is 29.1 Å². The molecule has 3 rings (SSSR count). The molecule has 0 bridgehead atoms. The van der Waals surface area contributed by atoms with Gasteiger partial charge in [-0.1, -0.05) is 47.6 Å². The third kappa shape index (κ3) is 5.86. The number of benzene rings is 2. The van der Waals surface area contributed by atoms with Crippen molar-refractivity contribution >= 4 is 35.1 Å². The van der Waals surface area contributed by atoms with E-state index in [9.17, 15) is 22.8 Å².